The Morgan fingerprint density at radius 3 is 2.79 bits per heavy atom. The molecule has 1 amide bonds. The molecule has 0 spiro atoms. The van der Waals surface area contributed by atoms with Crippen LogP contribution in [0.3, 0.4) is 0 Å². The van der Waals surface area contributed by atoms with E-state index in [4.69, 9.17) is 9.15 Å². The summed E-state index contributed by atoms with van der Waals surface area (Å²) in [5.41, 5.74) is 1.41. The number of nitrogens with one attached hydrogen (secondary N) is 1. The molecule has 0 saturated heterocycles. The fraction of sp³-hybridized carbons (Fsp3) is 0.176. The maximum Gasteiger partial charge on any atom is 0.270 e. The quantitative estimate of drug-likeness (QED) is 0.706. The maximum atomic E-state index is 13.2. The summed E-state index contributed by atoms with van der Waals surface area (Å²) in [5, 5.41) is 7.16. The van der Waals surface area contributed by atoms with Gasteiger partial charge in [-0.05, 0) is 36.4 Å². The van der Waals surface area contributed by atoms with E-state index in [9.17, 15) is 9.18 Å². The van der Waals surface area contributed by atoms with Crippen molar-refractivity contribution >= 4 is 5.91 Å². The molecule has 3 rings (SSSR count). The second-order valence-corrected chi connectivity index (χ2v) is 5.03. The van der Waals surface area contributed by atoms with Gasteiger partial charge in [-0.3, -0.25) is 4.79 Å². The van der Waals surface area contributed by atoms with E-state index in [2.05, 4.69) is 10.4 Å². The van der Waals surface area contributed by atoms with Gasteiger partial charge in [-0.15, -0.1) is 0 Å². The molecule has 0 aliphatic carbocycles. The normalized spacial score (nSPS) is 10.8. The van der Waals surface area contributed by atoms with Crippen molar-refractivity contribution in [2.24, 2.45) is 0 Å². The first-order chi connectivity index (χ1) is 11.7. The highest BCUT2D eigenvalue weighted by Gasteiger charge is 2.18. The number of hydrogen-bond acceptors (Lipinski definition) is 4. The number of carbonyl (C=O) groups excluding carboxylic acids is 1. The Hall–Kier alpha value is -2.93. The van der Waals surface area contributed by atoms with Gasteiger partial charge in [0.05, 0.1) is 18.6 Å². The van der Waals surface area contributed by atoms with E-state index in [0.29, 0.717) is 36.0 Å². The van der Waals surface area contributed by atoms with Gasteiger partial charge in [0.25, 0.3) is 5.91 Å². The van der Waals surface area contributed by atoms with Crippen LogP contribution in [0.15, 0.2) is 53.1 Å². The molecule has 7 heteroatoms. The average Bonchev–Trinajstić information content (AvgIpc) is 3.25. The lowest BCUT2D eigenvalue weighted by molar-refractivity contribution is 0.0929. The van der Waals surface area contributed by atoms with Crippen LogP contribution >= 0.6 is 0 Å². The number of hydrogen-bond donors (Lipinski definition) is 1. The summed E-state index contributed by atoms with van der Waals surface area (Å²) in [5.74, 6) is -0.119. The molecule has 0 aliphatic rings. The van der Waals surface area contributed by atoms with Gasteiger partial charge in [-0.1, -0.05) is 0 Å². The zero-order valence-electron chi connectivity index (χ0n) is 13.0. The number of benzene rings is 1. The maximum absolute atomic E-state index is 13.2. The minimum absolute atomic E-state index is 0.304. The topological polar surface area (TPSA) is 69.3 Å². The zero-order valence-corrected chi connectivity index (χ0v) is 13.0. The molecule has 0 atom stereocenters. The summed E-state index contributed by atoms with van der Waals surface area (Å²) in [6, 6.07) is 10.9. The first-order valence-electron chi connectivity index (χ1n) is 7.36. The van der Waals surface area contributed by atoms with Crippen LogP contribution in [0.5, 0.6) is 0 Å². The van der Waals surface area contributed by atoms with Crippen LogP contribution < -0.4 is 5.32 Å². The Kier molecular flexibility index (Phi) is 4.72. The molecule has 3 aromatic rings. The van der Waals surface area contributed by atoms with Crippen LogP contribution in [-0.2, 0) is 4.74 Å². The molecule has 0 bridgehead atoms. The predicted octanol–water partition coefficient (Wildman–Crippen LogP) is 2.65. The number of rotatable bonds is 6. The van der Waals surface area contributed by atoms with E-state index in [0.717, 1.165) is 0 Å². The smallest absolute Gasteiger partial charge is 0.270 e. The van der Waals surface area contributed by atoms with Crippen molar-refractivity contribution in [2.75, 3.05) is 20.3 Å². The third kappa shape index (κ3) is 3.36. The summed E-state index contributed by atoms with van der Waals surface area (Å²) in [6.07, 6.45) is 1.53. The van der Waals surface area contributed by atoms with Crippen LogP contribution in [0.4, 0.5) is 4.39 Å². The van der Waals surface area contributed by atoms with Gasteiger partial charge in [0.1, 0.15) is 17.2 Å². The molecular formula is C17H16FN3O3. The highest BCUT2D eigenvalue weighted by Crippen LogP contribution is 2.22. The van der Waals surface area contributed by atoms with E-state index in [1.54, 1.807) is 37.4 Å². The molecule has 1 aromatic carbocycles. The monoisotopic (exact) mass is 329 g/mol. The third-order valence-electron chi connectivity index (χ3n) is 3.38. The number of furan rings is 1. The largest absolute Gasteiger partial charge is 0.463 e. The van der Waals surface area contributed by atoms with Crippen molar-refractivity contribution < 1.29 is 18.3 Å². The number of halogens is 1. The summed E-state index contributed by atoms with van der Waals surface area (Å²) in [4.78, 5) is 12.4. The van der Waals surface area contributed by atoms with Crippen LogP contribution in [-0.4, -0.2) is 35.9 Å². The van der Waals surface area contributed by atoms with Crippen molar-refractivity contribution in [3.8, 4) is 17.1 Å². The van der Waals surface area contributed by atoms with Gasteiger partial charge in [-0.2, -0.15) is 5.10 Å². The Labute approximate surface area is 137 Å². The van der Waals surface area contributed by atoms with Crippen molar-refractivity contribution in [1.29, 1.82) is 0 Å². The Morgan fingerprint density at radius 1 is 1.33 bits per heavy atom. The van der Waals surface area contributed by atoms with Gasteiger partial charge in [-0.25, -0.2) is 9.07 Å². The van der Waals surface area contributed by atoms with Crippen molar-refractivity contribution in [3.05, 3.63) is 60.2 Å². The first kappa shape index (κ1) is 15.9. The number of ether oxygens (including phenoxy) is 1. The Morgan fingerprint density at radius 2 is 2.12 bits per heavy atom. The first-order valence-corrected chi connectivity index (χ1v) is 7.36. The second kappa shape index (κ2) is 7.10. The molecule has 0 saturated carbocycles. The van der Waals surface area contributed by atoms with Crippen LogP contribution in [0, 0.1) is 5.82 Å². The molecule has 2 aromatic heterocycles. The molecule has 0 aliphatic heterocycles. The van der Waals surface area contributed by atoms with E-state index >= 15 is 0 Å². The van der Waals surface area contributed by atoms with Gasteiger partial charge >= 0.3 is 0 Å². The third-order valence-corrected chi connectivity index (χ3v) is 3.38. The minimum atomic E-state index is -0.358. The molecule has 6 nitrogen and oxygen atoms in total. The average molecular weight is 329 g/mol. The van der Waals surface area contributed by atoms with Crippen LogP contribution in [0.1, 0.15) is 10.5 Å². The van der Waals surface area contributed by atoms with E-state index in [1.165, 1.54) is 23.1 Å². The lowest BCUT2D eigenvalue weighted by Gasteiger charge is -2.08. The standard InChI is InChI=1S/C17H16FN3O3/c1-23-10-8-19-17(22)15-11-14(16-3-2-9-24-16)20-21(15)13-6-4-12(18)5-7-13/h2-7,9,11H,8,10H2,1H3,(H,19,22). The van der Waals surface area contributed by atoms with Gasteiger partial charge in [0.15, 0.2) is 5.76 Å². The van der Waals surface area contributed by atoms with E-state index in [-0.39, 0.29) is 11.7 Å². The molecular weight excluding hydrogens is 313 g/mol. The van der Waals surface area contributed by atoms with Crippen LogP contribution in [0.2, 0.25) is 0 Å². The summed E-state index contributed by atoms with van der Waals surface area (Å²) in [6.45, 7) is 0.779. The predicted molar refractivity (Wildman–Crippen MR) is 85.4 cm³/mol. The number of carbonyl (C=O) groups is 1. The molecule has 0 fully saturated rings. The highest BCUT2D eigenvalue weighted by atomic mass is 19.1. The lowest BCUT2D eigenvalue weighted by atomic mass is 10.2. The van der Waals surface area contributed by atoms with Gasteiger partial charge in [0.2, 0.25) is 0 Å². The summed E-state index contributed by atoms with van der Waals surface area (Å²) >= 11 is 0. The van der Waals surface area contributed by atoms with Crippen molar-refractivity contribution in [2.45, 2.75) is 0 Å². The zero-order chi connectivity index (χ0) is 16.9. The Bertz CT molecular complexity index is 810. The van der Waals surface area contributed by atoms with E-state index < -0.39 is 0 Å². The highest BCUT2D eigenvalue weighted by molar-refractivity contribution is 5.94. The number of amides is 1. The molecule has 2 heterocycles. The molecule has 0 radical (unpaired) electrons. The Balaban J connectivity index is 1.98. The number of nitrogens with zero attached hydrogens (tertiary/aromatic N) is 2. The minimum Gasteiger partial charge on any atom is -0.463 e. The summed E-state index contributed by atoms with van der Waals surface area (Å²) < 4.78 is 24.9. The lowest BCUT2D eigenvalue weighted by Crippen LogP contribution is -2.28. The molecule has 0 unspecified atom stereocenters. The SMILES string of the molecule is COCCNC(=O)c1cc(-c2ccco2)nn1-c1ccc(F)cc1. The van der Waals surface area contributed by atoms with Gasteiger partial charge < -0.3 is 14.5 Å². The fourth-order valence-corrected chi connectivity index (χ4v) is 2.22. The number of methoxy groups -OCH3 is 1. The van der Waals surface area contributed by atoms with E-state index in [1.807, 2.05) is 0 Å². The molecule has 1 N–H and O–H groups in total. The van der Waals surface area contributed by atoms with Gasteiger partial charge in [0, 0.05) is 19.7 Å². The summed E-state index contributed by atoms with van der Waals surface area (Å²) in [7, 11) is 1.56. The van der Waals surface area contributed by atoms with Crippen molar-refractivity contribution in [3.63, 3.8) is 0 Å². The van der Waals surface area contributed by atoms with Crippen molar-refractivity contribution in [1.82, 2.24) is 15.1 Å². The molecule has 124 valence electrons. The number of aromatic nitrogens is 2. The fourth-order valence-electron chi connectivity index (χ4n) is 2.22. The van der Waals surface area contributed by atoms with Crippen LogP contribution in [0.25, 0.3) is 17.1 Å². The molecule has 24 heavy (non-hydrogen) atoms. The second-order valence-electron chi connectivity index (χ2n) is 5.03.